The summed E-state index contributed by atoms with van der Waals surface area (Å²) < 4.78 is 5.39. The Kier molecular flexibility index (Phi) is 10.2. The molecule has 0 aliphatic carbocycles. The quantitative estimate of drug-likeness (QED) is 0.575. The average molecular weight is 244 g/mol. The highest BCUT2D eigenvalue weighted by molar-refractivity contribution is 5.75. The van der Waals surface area contributed by atoms with Crippen LogP contribution in [0, 0.1) is 0 Å². The standard InChI is InChI=1S/C13H28N2O2/c1-11(2)14-8-5-7-13(16)15-9-6-10-17-12(3)4/h11-12,14H,5-10H2,1-4H3,(H,15,16). The molecule has 0 heterocycles. The molecule has 102 valence electrons. The van der Waals surface area contributed by atoms with Crippen LogP contribution in [0.3, 0.4) is 0 Å². The van der Waals surface area contributed by atoms with Crippen molar-refractivity contribution in [1.82, 2.24) is 10.6 Å². The molecule has 0 bridgehead atoms. The first-order chi connectivity index (χ1) is 8.02. The molecule has 0 aromatic carbocycles. The summed E-state index contributed by atoms with van der Waals surface area (Å²) in [6.45, 7) is 10.6. The zero-order valence-corrected chi connectivity index (χ0v) is 11.7. The van der Waals surface area contributed by atoms with Crippen LogP contribution in [-0.4, -0.2) is 37.7 Å². The third kappa shape index (κ3) is 13.3. The lowest BCUT2D eigenvalue weighted by Gasteiger charge is -2.09. The maximum absolute atomic E-state index is 11.4. The minimum atomic E-state index is 0.139. The molecule has 0 aliphatic heterocycles. The molecule has 0 unspecified atom stereocenters. The van der Waals surface area contributed by atoms with Gasteiger partial charge in [-0.3, -0.25) is 4.79 Å². The van der Waals surface area contributed by atoms with Gasteiger partial charge in [0.2, 0.25) is 5.91 Å². The molecule has 2 N–H and O–H groups in total. The summed E-state index contributed by atoms with van der Waals surface area (Å²) in [6, 6.07) is 0.492. The zero-order valence-electron chi connectivity index (χ0n) is 11.7. The molecule has 4 heteroatoms. The Morgan fingerprint density at radius 2 is 1.82 bits per heavy atom. The van der Waals surface area contributed by atoms with Crippen LogP contribution in [0.4, 0.5) is 0 Å². The normalized spacial score (nSPS) is 11.2. The van der Waals surface area contributed by atoms with Gasteiger partial charge < -0.3 is 15.4 Å². The van der Waals surface area contributed by atoms with Crippen LogP contribution in [0.15, 0.2) is 0 Å². The number of amides is 1. The van der Waals surface area contributed by atoms with Crippen LogP contribution < -0.4 is 10.6 Å². The van der Waals surface area contributed by atoms with Crippen LogP contribution in [0.25, 0.3) is 0 Å². The molecule has 0 aromatic rings. The first-order valence-electron chi connectivity index (χ1n) is 6.64. The van der Waals surface area contributed by atoms with Gasteiger partial charge in [-0.25, -0.2) is 0 Å². The highest BCUT2D eigenvalue weighted by Gasteiger charge is 2.01. The Labute approximate surface area is 105 Å². The lowest BCUT2D eigenvalue weighted by Crippen LogP contribution is -2.28. The molecule has 0 saturated carbocycles. The second-order valence-electron chi connectivity index (χ2n) is 4.84. The molecule has 0 fully saturated rings. The van der Waals surface area contributed by atoms with Crippen molar-refractivity contribution in [3.05, 3.63) is 0 Å². The minimum Gasteiger partial charge on any atom is -0.379 e. The fourth-order valence-electron chi connectivity index (χ4n) is 1.35. The van der Waals surface area contributed by atoms with E-state index in [9.17, 15) is 4.79 Å². The predicted octanol–water partition coefficient (Wildman–Crippen LogP) is 1.70. The fourth-order valence-corrected chi connectivity index (χ4v) is 1.35. The Balaban J connectivity index is 3.23. The van der Waals surface area contributed by atoms with E-state index in [0.29, 0.717) is 25.6 Å². The van der Waals surface area contributed by atoms with Crippen molar-refractivity contribution >= 4 is 5.91 Å². The molecular weight excluding hydrogens is 216 g/mol. The second kappa shape index (κ2) is 10.5. The molecule has 4 nitrogen and oxygen atoms in total. The van der Waals surface area contributed by atoms with Crippen molar-refractivity contribution < 1.29 is 9.53 Å². The summed E-state index contributed by atoms with van der Waals surface area (Å²) in [4.78, 5) is 11.4. The van der Waals surface area contributed by atoms with Gasteiger partial charge in [-0.1, -0.05) is 13.8 Å². The van der Waals surface area contributed by atoms with Crippen LogP contribution >= 0.6 is 0 Å². The average Bonchev–Trinajstić information content (AvgIpc) is 2.23. The Hall–Kier alpha value is -0.610. The number of carbonyl (C=O) groups is 1. The second-order valence-corrected chi connectivity index (χ2v) is 4.84. The summed E-state index contributed by atoms with van der Waals surface area (Å²) in [5.41, 5.74) is 0. The van der Waals surface area contributed by atoms with Gasteiger partial charge in [-0.15, -0.1) is 0 Å². The van der Waals surface area contributed by atoms with Crippen LogP contribution in [0.5, 0.6) is 0 Å². The molecule has 0 rings (SSSR count). The van der Waals surface area contributed by atoms with E-state index in [1.165, 1.54) is 0 Å². The van der Waals surface area contributed by atoms with Gasteiger partial charge in [0.1, 0.15) is 0 Å². The van der Waals surface area contributed by atoms with Gasteiger partial charge in [0.05, 0.1) is 6.10 Å². The predicted molar refractivity (Wildman–Crippen MR) is 71.1 cm³/mol. The first-order valence-corrected chi connectivity index (χ1v) is 6.64. The number of hydrogen-bond donors (Lipinski definition) is 2. The number of carbonyl (C=O) groups excluding carboxylic acids is 1. The molecule has 0 saturated heterocycles. The molecule has 0 spiro atoms. The minimum absolute atomic E-state index is 0.139. The smallest absolute Gasteiger partial charge is 0.220 e. The highest BCUT2D eigenvalue weighted by atomic mass is 16.5. The fraction of sp³-hybridized carbons (Fsp3) is 0.923. The van der Waals surface area contributed by atoms with Crippen molar-refractivity contribution in [2.24, 2.45) is 0 Å². The monoisotopic (exact) mass is 244 g/mol. The van der Waals surface area contributed by atoms with Gasteiger partial charge in [0.15, 0.2) is 0 Å². The topological polar surface area (TPSA) is 50.4 Å². The Bertz CT molecular complexity index is 194. The number of hydrogen-bond acceptors (Lipinski definition) is 3. The van der Waals surface area contributed by atoms with E-state index in [1.54, 1.807) is 0 Å². The SMILES string of the molecule is CC(C)NCCCC(=O)NCCCOC(C)C. The number of nitrogens with one attached hydrogen (secondary N) is 2. The van der Waals surface area contributed by atoms with Gasteiger partial charge in [0, 0.05) is 25.6 Å². The summed E-state index contributed by atoms with van der Waals surface area (Å²) in [5.74, 6) is 0.139. The van der Waals surface area contributed by atoms with Gasteiger partial charge in [-0.05, 0) is 33.2 Å². The maximum Gasteiger partial charge on any atom is 0.220 e. The zero-order chi connectivity index (χ0) is 13.1. The molecule has 17 heavy (non-hydrogen) atoms. The molecule has 0 aromatic heterocycles. The number of rotatable bonds is 10. The third-order valence-corrected chi connectivity index (χ3v) is 2.23. The highest BCUT2D eigenvalue weighted by Crippen LogP contribution is 1.91. The van der Waals surface area contributed by atoms with Crippen molar-refractivity contribution in [1.29, 1.82) is 0 Å². The third-order valence-electron chi connectivity index (χ3n) is 2.23. The van der Waals surface area contributed by atoms with E-state index < -0.39 is 0 Å². The summed E-state index contributed by atoms with van der Waals surface area (Å²) >= 11 is 0. The lowest BCUT2D eigenvalue weighted by molar-refractivity contribution is -0.121. The summed E-state index contributed by atoms with van der Waals surface area (Å²) in [6.07, 6.45) is 2.65. The van der Waals surface area contributed by atoms with Crippen molar-refractivity contribution in [2.75, 3.05) is 19.7 Å². The van der Waals surface area contributed by atoms with Crippen molar-refractivity contribution in [2.45, 2.75) is 59.1 Å². The Morgan fingerprint density at radius 3 is 2.41 bits per heavy atom. The van der Waals surface area contributed by atoms with Gasteiger partial charge in [0.25, 0.3) is 0 Å². The van der Waals surface area contributed by atoms with E-state index in [0.717, 1.165) is 19.4 Å². The largest absolute Gasteiger partial charge is 0.379 e. The van der Waals surface area contributed by atoms with Crippen molar-refractivity contribution in [3.8, 4) is 0 Å². The van der Waals surface area contributed by atoms with Crippen LogP contribution in [-0.2, 0) is 9.53 Å². The Morgan fingerprint density at radius 1 is 1.12 bits per heavy atom. The van der Waals surface area contributed by atoms with E-state index in [2.05, 4.69) is 24.5 Å². The maximum atomic E-state index is 11.4. The van der Waals surface area contributed by atoms with E-state index in [1.807, 2.05) is 13.8 Å². The van der Waals surface area contributed by atoms with E-state index in [-0.39, 0.29) is 12.0 Å². The van der Waals surface area contributed by atoms with Crippen LogP contribution in [0.2, 0.25) is 0 Å². The summed E-state index contributed by atoms with van der Waals surface area (Å²) in [5, 5.41) is 6.19. The van der Waals surface area contributed by atoms with Crippen LogP contribution in [0.1, 0.15) is 47.0 Å². The first kappa shape index (κ1) is 16.4. The summed E-state index contributed by atoms with van der Waals surface area (Å²) in [7, 11) is 0. The molecule has 0 aliphatic rings. The van der Waals surface area contributed by atoms with Crippen molar-refractivity contribution in [3.63, 3.8) is 0 Å². The lowest BCUT2D eigenvalue weighted by atomic mass is 10.2. The molecule has 0 atom stereocenters. The molecule has 0 radical (unpaired) electrons. The van der Waals surface area contributed by atoms with E-state index >= 15 is 0 Å². The molecular formula is C13H28N2O2. The van der Waals surface area contributed by atoms with Gasteiger partial charge in [-0.2, -0.15) is 0 Å². The number of ether oxygens (including phenoxy) is 1. The van der Waals surface area contributed by atoms with Gasteiger partial charge >= 0.3 is 0 Å². The molecule has 1 amide bonds. The van der Waals surface area contributed by atoms with E-state index in [4.69, 9.17) is 4.74 Å².